The second kappa shape index (κ2) is 9.76. The molecule has 1 fully saturated rings. The van der Waals surface area contributed by atoms with E-state index >= 15 is 0 Å². The van der Waals surface area contributed by atoms with Crippen LogP contribution in [-0.4, -0.2) is 50.3 Å². The molecule has 0 heterocycles. The Morgan fingerprint density at radius 3 is 2.61 bits per heavy atom. The number of ether oxygens (including phenoxy) is 1. The molecule has 0 amide bonds. The zero-order valence-corrected chi connectivity index (χ0v) is 12.6. The monoisotopic (exact) mass is 256 g/mol. The van der Waals surface area contributed by atoms with E-state index in [0.717, 1.165) is 44.7 Å². The molecule has 18 heavy (non-hydrogen) atoms. The van der Waals surface area contributed by atoms with E-state index in [-0.39, 0.29) is 0 Å². The van der Waals surface area contributed by atoms with Crippen molar-refractivity contribution in [2.24, 2.45) is 5.92 Å². The first-order valence-corrected chi connectivity index (χ1v) is 7.76. The molecule has 0 aromatic rings. The first-order valence-electron chi connectivity index (χ1n) is 7.76. The van der Waals surface area contributed by atoms with Gasteiger partial charge in [0.15, 0.2) is 0 Å². The summed E-state index contributed by atoms with van der Waals surface area (Å²) in [7, 11) is 0. The summed E-state index contributed by atoms with van der Waals surface area (Å²) >= 11 is 0. The van der Waals surface area contributed by atoms with E-state index in [2.05, 4.69) is 31.0 Å². The Morgan fingerprint density at radius 1 is 1.22 bits per heavy atom. The highest BCUT2D eigenvalue weighted by Crippen LogP contribution is 2.26. The molecule has 0 aliphatic heterocycles. The van der Waals surface area contributed by atoms with Crippen molar-refractivity contribution < 1.29 is 4.74 Å². The molecule has 1 N–H and O–H groups in total. The number of nitrogens with zero attached hydrogens (tertiary/aromatic N) is 1. The van der Waals surface area contributed by atoms with E-state index in [0.29, 0.717) is 0 Å². The van der Waals surface area contributed by atoms with E-state index in [1.807, 2.05) is 0 Å². The molecule has 0 saturated heterocycles. The molecule has 0 spiro atoms. The smallest absolute Gasteiger partial charge is 0.0477 e. The van der Waals surface area contributed by atoms with Crippen molar-refractivity contribution in [3.8, 4) is 0 Å². The minimum Gasteiger partial charge on any atom is -0.382 e. The minimum absolute atomic E-state index is 0.824. The van der Waals surface area contributed by atoms with Gasteiger partial charge in [0, 0.05) is 32.3 Å². The molecule has 1 saturated carbocycles. The minimum atomic E-state index is 0.824. The molecule has 3 heteroatoms. The lowest BCUT2D eigenvalue weighted by Gasteiger charge is -2.23. The van der Waals surface area contributed by atoms with Crippen LogP contribution < -0.4 is 5.32 Å². The van der Waals surface area contributed by atoms with Crippen molar-refractivity contribution in [3.63, 3.8) is 0 Å². The van der Waals surface area contributed by atoms with Gasteiger partial charge in [-0.3, -0.25) is 4.90 Å². The number of nitrogens with one attached hydrogen (secondary N) is 1. The summed E-state index contributed by atoms with van der Waals surface area (Å²) in [5, 5.41) is 3.52. The summed E-state index contributed by atoms with van der Waals surface area (Å²) in [5.41, 5.74) is 0. The third-order valence-corrected chi connectivity index (χ3v) is 3.48. The number of hydrogen-bond acceptors (Lipinski definition) is 3. The first kappa shape index (κ1) is 15.9. The summed E-state index contributed by atoms with van der Waals surface area (Å²) < 4.78 is 5.32. The molecule has 1 aliphatic carbocycles. The molecule has 1 aliphatic rings. The molecule has 0 atom stereocenters. The van der Waals surface area contributed by atoms with Gasteiger partial charge in [-0.25, -0.2) is 0 Å². The van der Waals surface area contributed by atoms with Crippen molar-refractivity contribution in [2.45, 2.75) is 52.5 Å². The highest BCUT2D eigenvalue weighted by atomic mass is 16.5. The highest BCUT2D eigenvalue weighted by Gasteiger charge is 2.28. The van der Waals surface area contributed by atoms with Crippen molar-refractivity contribution in [1.29, 1.82) is 0 Å². The van der Waals surface area contributed by atoms with E-state index < -0.39 is 0 Å². The lowest BCUT2D eigenvalue weighted by molar-refractivity contribution is 0.144. The molecular formula is C15H32N2O. The average molecular weight is 256 g/mol. The van der Waals surface area contributed by atoms with Crippen LogP contribution in [0.2, 0.25) is 0 Å². The molecule has 0 aromatic carbocycles. The summed E-state index contributed by atoms with van der Waals surface area (Å²) in [5.74, 6) is 0.824. The first-order chi connectivity index (χ1) is 8.74. The van der Waals surface area contributed by atoms with Gasteiger partial charge in [0.05, 0.1) is 0 Å². The Morgan fingerprint density at radius 2 is 2.00 bits per heavy atom. The van der Waals surface area contributed by atoms with Crippen LogP contribution in [0.1, 0.15) is 46.5 Å². The van der Waals surface area contributed by atoms with Gasteiger partial charge >= 0.3 is 0 Å². The Bertz CT molecular complexity index is 193. The standard InChI is InChI=1S/C15H32N2O/c1-4-18-13-5-9-16-10-12-17(15-6-7-15)11-8-14(2)3/h14-16H,4-13H2,1-3H3. The van der Waals surface area contributed by atoms with Crippen LogP contribution in [0.5, 0.6) is 0 Å². The predicted molar refractivity (Wildman–Crippen MR) is 78.0 cm³/mol. The molecule has 0 aromatic heterocycles. The molecule has 0 unspecified atom stereocenters. The van der Waals surface area contributed by atoms with Gasteiger partial charge < -0.3 is 10.1 Å². The van der Waals surface area contributed by atoms with Crippen LogP contribution in [0.3, 0.4) is 0 Å². The summed E-state index contributed by atoms with van der Waals surface area (Å²) in [4.78, 5) is 2.68. The molecule has 0 radical (unpaired) electrons. The number of hydrogen-bond donors (Lipinski definition) is 1. The fraction of sp³-hybridized carbons (Fsp3) is 1.00. The zero-order chi connectivity index (χ0) is 13.2. The highest BCUT2D eigenvalue weighted by molar-refractivity contribution is 4.84. The quantitative estimate of drug-likeness (QED) is 0.543. The summed E-state index contributed by atoms with van der Waals surface area (Å²) in [6, 6.07) is 0.897. The Balaban J connectivity index is 1.96. The second-order valence-electron chi connectivity index (χ2n) is 5.75. The Hall–Kier alpha value is -0.120. The zero-order valence-electron chi connectivity index (χ0n) is 12.6. The van der Waals surface area contributed by atoms with E-state index in [9.17, 15) is 0 Å². The SMILES string of the molecule is CCOCCCNCCN(CCC(C)C)C1CC1. The van der Waals surface area contributed by atoms with Crippen molar-refractivity contribution in [1.82, 2.24) is 10.2 Å². The summed E-state index contributed by atoms with van der Waals surface area (Å²) in [6.07, 6.45) is 5.30. The van der Waals surface area contributed by atoms with Gasteiger partial charge in [0.25, 0.3) is 0 Å². The largest absolute Gasteiger partial charge is 0.382 e. The van der Waals surface area contributed by atoms with Crippen LogP contribution in [-0.2, 0) is 4.74 Å². The molecule has 3 nitrogen and oxygen atoms in total. The van der Waals surface area contributed by atoms with Gasteiger partial charge in [-0.05, 0) is 51.6 Å². The molecule has 1 rings (SSSR count). The second-order valence-corrected chi connectivity index (χ2v) is 5.75. The third-order valence-electron chi connectivity index (χ3n) is 3.48. The van der Waals surface area contributed by atoms with Gasteiger partial charge in [-0.1, -0.05) is 13.8 Å². The average Bonchev–Trinajstić information content (AvgIpc) is 3.15. The van der Waals surface area contributed by atoms with Gasteiger partial charge in [0.2, 0.25) is 0 Å². The normalized spacial score (nSPS) is 15.8. The van der Waals surface area contributed by atoms with Crippen LogP contribution in [0, 0.1) is 5.92 Å². The van der Waals surface area contributed by atoms with Crippen LogP contribution in [0.15, 0.2) is 0 Å². The fourth-order valence-electron chi connectivity index (χ4n) is 2.13. The van der Waals surface area contributed by atoms with E-state index in [1.54, 1.807) is 0 Å². The Kier molecular flexibility index (Phi) is 8.64. The molecule has 0 bridgehead atoms. The Labute approximate surface area is 113 Å². The third kappa shape index (κ3) is 8.06. The maximum Gasteiger partial charge on any atom is 0.0477 e. The van der Waals surface area contributed by atoms with Crippen LogP contribution >= 0.6 is 0 Å². The van der Waals surface area contributed by atoms with E-state index in [1.165, 1.54) is 32.4 Å². The van der Waals surface area contributed by atoms with Crippen molar-refractivity contribution >= 4 is 0 Å². The molecular weight excluding hydrogens is 224 g/mol. The van der Waals surface area contributed by atoms with Gasteiger partial charge in [-0.2, -0.15) is 0 Å². The van der Waals surface area contributed by atoms with Gasteiger partial charge in [0.1, 0.15) is 0 Å². The van der Waals surface area contributed by atoms with Crippen molar-refractivity contribution in [2.75, 3.05) is 39.4 Å². The summed E-state index contributed by atoms with van der Waals surface area (Å²) in [6.45, 7) is 13.1. The van der Waals surface area contributed by atoms with E-state index in [4.69, 9.17) is 4.74 Å². The van der Waals surface area contributed by atoms with Crippen LogP contribution in [0.25, 0.3) is 0 Å². The predicted octanol–water partition coefficient (Wildman–Crippen LogP) is 2.51. The van der Waals surface area contributed by atoms with Crippen LogP contribution in [0.4, 0.5) is 0 Å². The van der Waals surface area contributed by atoms with Gasteiger partial charge in [-0.15, -0.1) is 0 Å². The number of rotatable bonds is 12. The maximum atomic E-state index is 5.32. The lowest BCUT2D eigenvalue weighted by atomic mass is 10.1. The fourth-order valence-corrected chi connectivity index (χ4v) is 2.13. The lowest BCUT2D eigenvalue weighted by Crippen LogP contribution is -2.35. The topological polar surface area (TPSA) is 24.5 Å². The van der Waals surface area contributed by atoms with Crippen molar-refractivity contribution in [3.05, 3.63) is 0 Å². The molecule has 108 valence electrons. The maximum absolute atomic E-state index is 5.32.